The van der Waals surface area contributed by atoms with Gasteiger partial charge in [0.1, 0.15) is 0 Å². The van der Waals surface area contributed by atoms with E-state index in [9.17, 15) is 0 Å². The van der Waals surface area contributed by atoms with Crippen LogP contribution in [0.15, 0.2) is 48.7 Å². The Labute approximate surface area is 110 Å². The van der Waals surface area contributed by atoms with Crippen LogP contribution >= 0.6 is 11.6 Å². The molecule has 3 aromatic rings. The average Bonchev–Trinajstić information content (AvgIpc) is 2.44. The Hall–Kier alpha value is -1.93. The highest BCUT2D eigenvalue weighted by molar-refractivity contribution is 6.36. The highest BCUT2D eigenvalue weighted by atomic mass is 35.5. The summed E-state index contributed by atoms with van der Waals surface area (Å²) in [4.78, 5) is 8.88. The number of pyridine rings is 2. The van der Waals surface area contributed by atoms with E-state index in [1.165, 1.54) is 0 Å². The Morgan fingerprint density at radius 2 is 1.78 bits per heavy atom. The monoisotopic (exact) mass is 254 g/mol. The van der Waals surface area contributed by atoms with E-state index in [1.54, 1.807) is 6.20 Å². The molecule has 0 aliphatic carbocycles. The number of halogens is 1. The van der Waals surface area contributed by atoms with Crippen LogP contribution in [0.25, 0.3) is 22.3 Å². The molecule has 0 aliphatic heterocycles. The molecule has 0 saturated heterocycles. The number of fused-ring (bicyclic) bond motifs is 1. The molecule has 2 heterocycles. The van der Waals surface area contributed by atoms with Crippen molar-refractivity contribution in [1.29, 1.82) is 0 Å². The van der Waals surface area contributed by atoms with Gasteiger partial charge in [-0.1, -0.05) is 41.9 Å². The molecule has 0 aliphatic rings. The van der Waals surface area contributed by atoms with Gasteiger partial charge in [0.05, 0.1) is 10.7 Å². The number of benzene rings is 1. The number of rotatable bonds is 1. The van der Waals surface area contributed by atoms with Crippen molar-refractivity contribution < 1.29 is 0 Å². The minimum Gasteiger partial charge on any atom is -0.237 e. The first-order valence-electron chi connectivity index (χ1n) is 5.73. The minimum absolute atomic E-state index is 0.687. The summed E-state index contributed by atoms with van der Waals surface area (Å²) in [5, 5.41) is 1.63. The lowest BCUT2D eigenvalue weighted by Crippen LogP contribution is -1.93. The predicted octanol–water partition coefficient (Wildman–Crippen LogP) is 4.26. The normalized spacial score (nSPS) is 10.8. The van der Waals surface area contributed by atoms with Crippen LogP contribution in [0.1, 0.15) is 5.56 Å². The second-order valence-corrected chi connectivity index (χ2v) is 4.52. The maximum Gasteiger partial charge on any atom is 0.161 e. The van der Waals surface area contributed by atoms with Gasteiger partial charge in [-0.25, -0.2) is 9.97 Å². The third-order valence-corrected chi connectivity index (χ3v) is 3.46. The van der Waals surface area contributed by atoms with Crippen molar-refractivity contribution in [3.63, 3.8) is 0 Å². The molecule has 2 aromatic heterocycles. The standard InChI is InChI=1S/C15H11ClN2/c1-10-13(16)12-8-5-9-17-15(12)18-14(10)11-6-3-2-4-7-11/h2-9H,1H3. The van der Waals surface area contributed by atoms with Crippen molar-refractivity contribution in [1.82, 2.24) is 9.97 Å². The first-order chi connectivity index (χ1) is 8.77. The van der Waals surface area contributed by atoms with Crippen molar-refractivity contribution in [3.8, 4) is 11.3 Å². The molecule has 0 atom stereocenters. The van der Waals surface area contributed by atoms with Gasteiger partial charge < -0.3 is 0 Å². The van der Waals surface area contributed by atoms with E-state index in [4.69, 9.17) is 11.6 Å². The second kappa shape index (κ2) is 4.39. The average molecular weight is 255 g/mol. The van der Waals surface area contributed by atoms with Gasteiger partial charge in [0.25, 0.3) is 0 Å². The Morgan fingerprint density at radius 1 is 1.00 bits per heavy atom. The van der Waals surface area contributed by atoms with Crippen LogP contribution in [-0.4, -0.2) is 9.97 Å². The van der Waals surface area contributed by atoms with Crippen LogP contribution in [-0.2, 0) is 0 Å². The Morgan fingerprint density at radius 3 is 2.56 bits per heavy atom. The quantitative estimate of drug-likeness (QED) is 0.648. The molecule has 3 rings (SSSR count). The highest BCUT2D eigenvalue weighted by Gasteiger charge is 2.11. The van der Waals surface area contributed by atoms with Crippen molar-refractivity contribution >= 4 is 22.6 Å². The van der Waals surface area contributed by atoms with Gasteiger partial charge in [-0.3, -0.25) is 0 Å². The largest absolute Gasteiger partial charge is 0.237 e. The lowest BCUT2D eigenvalue weighted by molar-refractivity contribution is 1.26. The molecule has 0 saturated carbocycles. The molecule has 88 valence electrons. The zero-order chi connectivity index (χ0) is 12.5. The van der Waals surface area contributed by atoms with Gasteiger partial charge in [0, 0.05) is 17.1 Å². The fourth-order valence-electron chi connectivity index (χ4n) is 2.03. The maximum absolute atomic E-state index is 6.40. The molecular formula is C15H11ClN2. The van der Waals surface area contributed by atoms with Crippen molar-refractivity contribution in [2.24, 2.45) is 0 Å². The molecule has 2 nitrogen and oxygen atoms in total. The molecule has 18 heavy (non-hydrogen) atoms. The highest BCUT2D eigenvalue weighted by Crippen LogP contribution is 2.31. The summed E-state index contributed by atoms with van der Waals surface area (Å²) < 4.78 is 0. The first-order valence-corrected chi connectivity index (χ1v) is 6.11. The minimum atomic E-state index is 0.687. The third-order valence-electron chi connectivity index (χ3n) is 2.97. The van der Waals surface area contributed by atoms with E-state index in [0.717, 1.165) is 27.2 Å². The lowest BCUT2D eigenvalue weighted by Gasteiger charge is -2.09. The maximum atomic E-state index is 6.40. The van der Waals surface area contributed by atoms with Gasteiger partial charge in [-0.15, -0.1) is 0 Å². The van der Waals surface area contributed by atoms with Gasteiger partial charge in [0.2, 0.25) is 0 Å². The molecule has 0 fully saturated rings. The van der Waals surface area contributed by atoms with E-state index in [-0.39, 0.29) is 0 Å². The molecular weight excluding hydrogens is 244 g/mol. The summed E-state index contributed by atoms with van der Waals surface area (Å²) in [6, 6.07) is 13.8. The molecule has 0 unspecified atom stereocenters. The number of aromatic nitrogens is 2. The number of nitrogens with zero attached hydrogens (tertiary/aromatic N) is 2. The fraction of sp³-hybridized carbons (Fsp3) is 0.0667. The first kappa shape index (κ1) is 11.2. The molecule has 0 radical (unpaired) electrons. The smallest absolute Gasteiger partial charge is 0.161 e. The summed E-state index contributed by atoms with van der Waals surface area (Å²) in [7, 11) is 0. The summed E-state index contributed by atoms with van der Waals surface area (Å²) in [6.45, 7) is 1.99. The molecule has 3 heteroatoms. The summed E-state index contributed by atoms with van der Waals surface area (Å²) >= 11 is 6.40. The Balaban J connectivity index is 2.34. The van der Waals surface area contributed by atoms with Crippen LogP contribution < -0.4 is 0 Å². The third kappa shape index (κ3) is 1.75. The topological polar surface area (TPSA) is 25.8 Å². The van der Waals surface area contributed by atoms with Crippen molar-refractivity contribution in [2.45, 2.75) is 6.92 Å². The summed E-state index contributed by atoms with van der Waals surface area (Å²) in [6.07, 6.45) is 1.73. The zero-order valence-corrected chi connectivity index (χ0v) is 10.6. The van der Waals surface area contributed by atoms with Crippen molar-refractivity contribution in [3.05, 3.63) is 59.2 Å². The van der Waals surface area contributed by atoms with Crippen molar-refractivity contribution in [2.75, 3.05) is 0 Å². The zero-order valence-electron chi connectivity index (χ0n) is 9.89. The molecule has 0 spiro atoms. The number of hydrogen-bond acceptors (Lipinski definition) is 2. The van der Waals surface area contributed by atoms with Crippen LogP contribution in [0.3, 0.4) is 0 Å². The Bertz CT molecular complexity index is 708. The lowest BCUT2D eigenvalue weighted by atomic mass is 10.1. The van der Waals surface area contributed by atoms with Crippen LogP contribution in [0.5, 0.6) is 0 Å². The Kier molecular flexibility index (Phi) is 2.73. The van der Waals surface area contributed by atoms with E-state index < -0.39 is 0 Å². The molecule has 0 bridgehead atoms. The van der Waals surface area contributed by atoms with Gasteiger partial charge in [-0.2, -0.15) is 0 Å². The van der Waals surface area contributed by atoms with Crippen LogP contribution in [0, 0.1) is 6.92 Å². The van der Waals surface area contributed by atoms with E-state index in [0.29, 0.717) is 5.65 Å². The van der Waals surface area contributed by atoms with Gasteiger partial charge in [0.15, 0.2) is 5.65 Å². The molecule has 1 aromatic carbocycles. The van der Waals surface area contributed by atoms with E-state index >= 15 is 0 Å². The fourth-order valence-corrected chi connectivity index (χ4v) is 2.27. The number of hydrogen-bond donors (Lipinski definition) is 0. The van der Waals surface area contributed by atoms with Crippen LogP contribution in [0.2, 0.25) is 5.02 Å². The SMILES string of the molecule is Cc1c(-c2ccccc2)nc2ncccc2c1Cl. The van der Waals surface area contributed by atoms with E-state index in [1.807, 2.05) is 49.4 Å². The van der Waals surface area contributed by atoms with Gasteiger partial charge in [-0.05, 0) is 24.6 Å². The summed E-state index contributed by atoms with van der Waals surface area (Å²) in [5.74, 6) is 0. The van der Waals surface area contributed by atoms with Crippen LogP contribution in [0.4, 0.5) is 0 Å². The van der Waals surface area contributed by atoms with Gasteiger partial charge >= 0.3 is 0 Å². The predicted molar refractivity (Wildman–Crippen MR) is 74.7 cm³/mol. The molecule has 0 amide bonds. The second-order valence-electron chi connectivity index (χ2n) is 4.14. The molecule has 0 N–H and O–H groups in total. The summed E-state index contributed by atoms with van der Waals surface area (Å²) in [5.41, 5.74) is 3.63. The van der Waals surface area contributed by atoms with E-state index in [2.05, 4.69) is 9.97 Å².